The van der Waals surface area contributed by atoms with E-state index in [9.17, 15) is 0 Å². The van der Waals surface area contributed by atoms with Crippen LogP contribution in [0.5, 0.6) is 0 Å². The highest BCUT2D eigenvalue weighted by Gasteiger charge is 2.35. The molecule has 1 fully saturated rings. The molecule has 0 aromatic carbocycles. The second-order valence-corrected chi connectivity index (χ2v) is 8.34. The van der Waals surface area contributed by atoms with Crippen molar-refractivity contribution in [1.82, 2.24) is 25.4 Å². The summed E-state index contributed by atoms with van der Waals surface area (Å²) in [7, 11) is 1.80. The zero-order valence-electron chi connectivity index (χ0n) is 17.4. The topological polar surface area (TPSA) is 76.4 Å². The molecule has 2 N–H and O–H groups in total. The molecule has 152 valence electrons. The van der Waals surface area contributed by atoms with Crippen molar-refractivity contribution in [3.63, 3.8) is 0 Å². The Kier molecular flexibility index (Phi) is 6.67. The van der Waals surface area contributed by atoms with Crippen molar-refractivity contribution in [2.24, 2.45) is 16.3 Å². The molecule has 1 saturated heterocycles. The number of hydrogen-bond acceptors (Lipinski definition) is 4. The lowest BCUT2D eigenvalue weighted by molar-refractivity contribution is -0.0835. The third-order valence-electron chi connectivity index (χ3n) is 5.06. The first-order valence-corrected chi connectivity index (χ1v) is 9.98. The van der Waals surface area contributed by atoms with E-state index in [2.05, 4.69) is 46.5 Å². The van der Waals surface area contributed by atoms with Crippen LogP contribution < -0.4 is 10.6 Å². The van der Waals surface area contributed by atoms with Gasteiger partial charge in [0.1, 0.15) is 0 Å². The first-order valence-electron chi connectivity index (χ1n) is 9.98. The monoisotopic (exact) mass is 384 g/mol. The number of aromatic nitrogens is 3. The second kappa shape index (κ2) is 9.19. The number of nitrogens with zero attached hydrogens (tertiary/aromatic N) is 4. The molecule has 3 rings (SSSR count). The van der Waals surface area contributed by atoms with Crippen LogP contribution in [0.3, 0.4) is 0 Å². The summed E-state index contributed by atoms with van der Waals surface area (Å²) in [4.78, 5) is 8.74. The molecule has 0 amide bonds. The smallest absolute Gasteiger partial charge is 0.191 e. The Bertz CT molecular complexity index is 765. The molecule has 0 saturated carbocycles. The third kappa shape index (κ3) is 5.32. The molecule has 3 heterocycles. The highest BCUT2D eigenvalue weighted by atomic mass is 16.5. The van der Waals surface area contributed by atoms with Gasteiger partial charge in [-0.2, -0.15) is 5.10 Å². The van der Waals surface area contributed by atoms with Gasteiger partial charge < -0.3 is 15.4 Å². The van der Waals surface area contributed by atoms with Gasteiger partial charge >= 0.3 is 0 Å². The van der Waals surface area contributed by atoms with Crippen molar-refractivity contribution in [2.75, 3.05) is 20.2 Å². The van der Waals surface area contributed by atoms with E-state index in [0.717, 1.165) is 36.9 Å². The van der Waals surface area contributed by atoms with Crippen molar-refractivity contribution in [2.45, 2.75) is 46.3 Å². The van der Waals surface area contributed by atoms with Gasteiger partial charge in [-0.3, -0.25) is 4.99 Å². The maximum absolute atomic E-state index is 6.08. The summed E-state index contributed by atoms with van der Waals surface area (Å²) in [5.41, 5.74) is 1.26. The molecule has 0 spiro atoms. The Hall–Kier alpha value is -2.41. The van der Waals surface area contributed by atoms with Gasteiger partial charge in [-0.1, -0.05) is 20.8 Å². The summed E-state index contributed by atoms with van der Waals surface area (Å²) in [5, 5.41) is 11.1. The molecule has 0 bridgehead atoms. The molecular formula is C21H32N6O. The predicted molar refractivity (Wildman–Crippen MR) is 111 cm³/mol. The molecule has 0 aliphatic carbocycles. The van der Waals surface area contributed by atoms with E-state index in [-0.39, 0.29) is 11.5 Å². The van der Waals surface area contributed by atoms with Crippen molar-refractivity contribution < 1.29 is 4.74 Å². The van der Waals surface area contributed by atoms with E-state index in [4.69, 9.17) is 4.74 Å². The van der Waals surface area contributed by atoms with Gasteiger partial charge in [0, 0.05) is 51.3 Å². The van der Waals surface area contributed by atoms with Crippen molar-refractivity contribution in [3.8, 4) is 5.82 Å². The van der Waals surface area contributed by atoms with Gasteiger partial charge in [0.15, 0.2) is 11.8 Å². The minimum atomic E-state index is 0.143. The van der Waals surface area contributed by atoms with E-state index >= 15 is 0 Å². The number of nitrogens with one attached hydrogen (secondary N) is 2. The largest absolute Gasteiger partial charge is 0.377 e. The lowest BCUT2D eigenvalue weighted by Crippen LogP contribution is -2.47. The summed E-state index contributed by atoms with van der Waals surface area (Å²) in [6.07, 6.45) is 8.01. The average molecular weight is 385 g/mol. The van der Waals surface area contributed by atoms with Gasteiger partial charge in [-0.15, -0.1) is 0 Å². The minimum Gasteiger partial charge on any atom is -0.377 e. The summed E-state index contributed by atoms with van der Waals surface area (Å²) >= 11 is 0. The molecule has 7 heteroatoms. The fraction of sp³-hybridized carbons (Fsp3) is 0.571. The molecule has 1 aliphatic heterocycles. The van der Waals surface area contributed by atoms with Crippen molar-refractivity contribution in [1.29, 1.82) is 0 Å². The number of pyridine rings is 1. The first kappa shape index (κ1) is 20.3. The van der Waals surface area contributed by atoms with Crippen LogP contribution in [-0.2, 0) is 11.3 Å². The SMILES string of the molecule is CN=C(NCc1ccnc(-n2cccn2)c1)NCC1CCCOC1C(C)(C)C. The summed E-state index contributed by atoms with van der Waals surface area (Å²) in [6, 6.07) is 5.91. The van der Waals surface area contributed by atoms with E-state index in [1.54, 1.807) is 24.1 Å². The minimum absolute atomic E-state index is 0.143. The number of aliphatic imine (C=N–C) groups is 1. The summed E-state index contributed by atoms with van der Waals surface area (Å²) in [5.74, 6) is 2.09. The fourth-order valence-electron chi connectivity index (χ4n) is 3.74. The summed E-state index contributed by atoms with van der Waals surface area (Å²) in [6.45, 7) is 9.15. The first-order chi connectivity index (χ1) is 13.5. The van der Waals surface area contributed by atoms with Crippen LogP contribution in [0.25, 0.3) is 5.82 Å². The number of ether oxygens (including phenoxy) is 1. The molecule has 7 nitrogen and oxygen atoms in total. The van der Waals surface area contributed by atoms with Crippen molar-refractivity contribution in [3.05, 3.63) is 42.4 Å². The maximum Gasteiger partial charge on any atom is 0.191 e. The van der Waals surface area contributed by atoms with Gasteiger partial charge in [-0.05, 0) is 42.0 Å². The standard InChI is InChI=1S/C21H32N6O/c1-21(2,3)19-17(7-5-12-28-19)15-25-20(22-4)24-14-16-8-10-23-18(13-16)27-11-6-9-26-27/h6,8-11,13,17,19H,5,7,12,14-15H2,1-4H3,(H2,22,24,25). The predicted octanol–water partition coefficient (Wildman–Crippen LogP) is 2.77. The van der Waals surface area contributed by atoms with E-state index in [1.165, 1.54) is 6.42 Å². The van der Waals surface area contributed by atoms with E-state index in [0.29, 0.717) is 12.5 Å². The van der Waals surface area contributed by atoms with Crippen LogP contribution in [0.1, 0.15) is 39.2 Å². The zero-order chi connectivity index (χ0) is 20.0. The lowest BCUT2D eigenvalue weighted by atomic mass is 9.78. The zero-order valence-corrected chi connectivity index (χ0v) is 17.4. The molecule has 2 unspecified atom stereocenters. The molecule has 2 aromatic rings. The highest BCUT2D eigenvalue weighted by molar-refractivity contribution is 5.79. The molecule has 0 radical (unpaired) electrons. The molecular weight excluding hydrogens is 352 g/mol. The number of rotatable bonds is 5. The van der Waals surface area contributed by atoms with Gasteiger partial charge in [0.25, 0.3) is 0 Å². The Morgan fingerprint density at radius 2 is 2.18 bits per heavy atom. The molecule has 1 aliphatic rings. The molecule has 28 heavy (non-hydrogen) atoms. The quantitative estimate of drug-likeness (QED) is 0.612. The Morgan fingerprint density at radius 1 is 1.32 bits per heavy atom. The van der Waals surface area contributed by atoms with Gasteiger partial charge in [0.2, 0.25) is 0 Å². The van der Waals surface area contributed by atoms with Crippen LogP contribution in [-0.4, -0.2) is 47.0 Å². The van der Waals surface area contributed by atoms with Gasteiger partial charge in [-0.25, -0.2) is 9.67 Å². The number of hydrogen-bond donors (Lipinski definition) is 2. The normalized spacial score (nSPS) is 20.8. The Balaban J connectivity index is 1.54. The molecule has 2 aromatic heterocycles. The van der Waals surface area contributed by atoms with Crippen LogP contribution in [0, 0.1) is 11.3 Å². The Morgan fingerprint density at radius 3 is 2.89 bits per heavy atom. The van der Waals surface area contributed by atoms with Crippen molar-refractivity contribution >= 4 is 5.96 Å². The maximum atomic E-state index is 6.08. The lowest BCUT2D eigenvalue weighted by Gasteiger charge is -2.40. The average Bonchev–Trinajstić information content (AvgIpc) is 3.23. The van der Waals surface area contributed by atoms with Gasteiger partial charge in [0.05, 0.1) is 6.10 Å². The van der Waals surface area contributed by atoms with Crippen LogP contribution in [0.2, 0.25) is 0 Å². The van der Waals surface area contributed by atoms with E-state index < -0.39 is 0 Å². The Labute approximate surface area is 167 Å². The second-order valence-electron chi connectivity index (χ2n) is 8.34. The van der Waals surface area contributed by atoms with Crippen LogP contribution in [0.4, 0.5) is 0 Å². The number of guanidine groups is 1. The third-order valence-corrected chi connectivity index (χ3v) is 5.06. The highest BCUT2D eigenvalue weighted by Crippen LogP contribution is 2.33. The molecule has 2 atom stereocenters. The van der Waals surface area contributed by atoms with Crippen LogP contribution >= 0.6 is 0 Å². The van der Waals surface area contributed by atoms with Crippen LogP contribution in [0.15, 0.2) is 41.8 Å². The fourth-order valence-corrected chi connectivity index (χ4v) is 3.74. The summed E-state index contributed by atoms with van der Waals surface area (Å²) < 4.78 is 7.84. The van der Waals surface area contributed by atoms with E-state index in [1.807, 2.05) is 24.4 Å².